The molecule has 3 rings (SSSR count). The molecule has 0 fully saturated rings. The van der Waals surface area contributed by atoms with Gasteiger partial charge < -0.3 is 14.6 Å². The summed E-state index contributed by atoms with van der Waals surface area (Å²) in [5, 5.41) is 4.55. The first-order valence-corrected chi connectivity index (χ1v) is 7.69. The predicted molar refractivity (Wildman–Crippen MR) is 94.8 cm³/mol. The molecule has 0 aliphatic carbocycles. The molecule has 0 radical (unpaired) electrons. The fourth-order valence-electron chi connectivity index (χ4n) is 2.35. The number of halogens is 1. The molecule has 1 N–H and O–H groups in total. The number of rotatable bonds is 4. The van der Waals surface area contributed by atoms with E-state index in [-0.39, 0.29) is 18.1 Å². The molecule has 0 aliphatic heterocycles. The van der Waals surface area contributed by atoms with Gasteiger partial charge in [0.2, 0.25) is 0 Å². The molecule has 24 heavy (non-hydrogen) atoms. The number of carbonyl (C=O) groups excluding carboxylic acids is 1. The van der Waals surface area contributed by atoms with Crippen molar-refractivity contribution in [2.75, 3.05) is 11.9 Å². The van der Waals surface area contributed by atoms with Crippen LogP contribution in [-0.4, -0.2) is 17.1 Å². The Morgan fingerprint density at radius 3 is 2.62 bits per heavy atom. The van der Waals surface area contributed by atoms with Crippen LogP contribution in [0.15, 0.2) is 59.5 Å². The summed E-state index contributed by atoms with van der Waals surface area (Å²) in [7, 11) is 1.69. The maximum absolute atomic E-state index is 12.1. The van der Waals surface area contributed by atoms with Gasteiger partial charge in [-0.1, -0.05) is 17.7 Å². The van der Waals surface area contributed by atoms with E-state index in [1.54, 1.807) is 61.8 Å². The lowest BCUT2D eigenvalue weighted by atomic mass is 10.1. The molecule has 2 aromatic carbocycles. The lowest BCUT2D eigenvalue weighted by molar-refractivity contribution is -0.118. The zero-order valence-corrected chi connectivity index (χ0v) is 13.7. The molecule has 1 aromatic heterocycles. The zero-order chi connectivity index (χ0) is 17.1. The number of hydrogen-bond donors (Lipinski definition) is 1. The highest BCUT2D eigenvalue weighted by Gasteiger charge is 2.08. The normalized spacial score (nSPS) is 10.6. The minimum atomic E-state index is -0.293. The number of aromatic nitrogens is 1. The Bertz CT molecular complexity index is 949. The van der Waals surface area contributed by atoms with Crippen LogP contribution in [0.2, 0.25) is 5.02 Å². The summed E-state index contributed by atoms with van der Waals surface area (Å²) in [5.41, 5.74) is 0.531. The molecule has 0 spiro atoms. The van der Waals surface area contributed by atoms with Crippen molar-refractivity contribution >= 4 is 34.0 Å². The van der Waals surface area contributed by atoms with Crippen molar-refractivity contribution < 1.29 is 9.53 Å². The van der Waals surface area contributed by atoms with Crippen LogP contribution >= 0.6 is 11.6 Å². The van der Waals surface area contributed by atoms with Crippen LogP contribution in [-0.2, 0) is 11.8 Å². The first kappa shape index (κ1) is 16.1. The summed E-state index contributed by atoms with van der Waals surface area (Å²) in [4.78, 5) is 24.1. The molecule has 3 aromatic rings. The second-order valence-corrected chi connectivity index (χ2v) is 5.73. The molecule has 122 valence electrons. The summed E-state index contributed by atoms with van der Waals surface area (Å²) < 4.78 is 7.08. The third-order valence-corrected chi connectivity index (χ3v) is 3.82. The van der Waals surface area contributed by atoms with E-state index in [0.29, 0.717) is 27.2 Å². The van der Waals surface area contributed by atoms with Gasteiger partial charge in [0.05, 0.1) is 5.39 Å². The van der Waals surface area contributed by atoms with Gasteiger partial charge in [0.1, 0.15) is 5.75 Å². The van der Waals surface area contributed by atoms with Crippen LogP contribution in [0.1, 0.15) is 0 Å². The summed E-state index contributed by atoms with van der Waals surface area (Å²) in [6.07, 6.45) is 1.67. The minimum Gasteiger partial charge on any atom is -0.483 e. The molecular formula is C18H15ClN2O3. The van der Waals surface area contributed by atoms with Crippen LogP contribution in [0, 0.1) is 0 Å². The Morgan fingerprint density at radius 1 is 1.12 bits per heavy atom. The number of hydrogen-bond acceptors (Lipinski definition) is 3. The second kappa shape index (κ2) is 6.76. The van der Waals surface area contributed by atoms with Gasteiger partial charge >= 0.3 is 0 Å². The highest BCUT2D eigenvalue weighted by molar-refractivity contribution is 6.30. The Kier molecular flexibility index (Phi) is 4.53. The van der Waals surface area contributed by atoms with Crippen LogP contribution in [0.5, 0.6) is 5.75 Å². The Morgan fingerprint density at radius 2 is 1.88 bits per heavy atom. The largest absolute Gasteiger partial charge is 0.483 e. The predicted octanol–water partition coefficient (Wildman–Crippen LogP) is 3.21. The van der Waals surface area contributed by atoms with Crippen molar-refractivity contribution in [3.05, 3.63) is 70.1 Å². The third-order valence-electron chi connectivity index (χ3n) is 3.57. The zero-order valence-electron chi connectivity index (χ0n) is 13.0. The summed E-state index contributed by atoms with van der Waals surface area (Å²) >= 11 is 5.80. The molecule has 0 aliphatic rings. The maximum Gasteiger partial charge on any atom is 0.262 e. The molecule has 0 saturated carbocycles. The van der Waals surface area contributed by atoms with Crippen molar-refractivity contribution in [1.29, 1.82) is 0 Å². The molecule has 0 atom stereocenters. The van der Waals surface area contributed by atoms with E-state index in [0.717, 1.165) is 0 Å². The number of benzene rings is 2. The van der Waals surface area contributed by atoms with E-state index >= 15 is 0 Å². The van der Waals surface area contributed by atoms with Gasteiger partial charge in [0, 0.05) is 29.3 Å². The van der Waals surface area contributed by atoms with Gasteiger partial charge in [0.15, 0.2) is 6.61 Å². The van der Waals surface area contributed by atoms with Crippen LogP contribution < -0.4 is 15.6 Å². The van der Waals surface area contributed by atoms with Gasteiger partial charge in [-0.25, -0.2) is 0 Å². The minimum absolute atomic E-state index is 0.108. The van der Waals surface area contributed by atoms with Crippen molar-refractivity contribution in [2.24, 2.45) is 7.05 Å². The summed E-state index contributed by atoms with van der Waals surface area (Å²) in [6.45, 7) is -0.156. The van der Waals surface area contributed by atoms with Crippen LogP contribution in [0.25, 0.3) is 10.8 Å². The number of pyridine rings is 1. The molecule has 0 bridgehead atoms. The monoisotopic (exact) mass is 342 g/mol. The number of ether oxygens (including phenoxy) is 1. The molecule has 5 nitrogen and oxygen atoms in total. The Hall–Kier alpha value is -2.79. The second-order valence-electron chi connectivity index (χ2n) is 5.29. The van der Waals surface area contributed by atoms with E-state index in [1.165, 1.54) is 4.57 Å². The molecule has 1 amide bonds. The molecule has 1 heterocycles. The molecular weight excluding hydrogens is 328 g/mol. The lowest BCUT2D eigenvalue weighted by Gasteiger charge is -2.10. The number of amides is 1. The standard InChI is InChI=1S/C18H15ClN2O3/c1-21-10-9-14-15(18(21)23)3-2-4-16(14)24-11-17(22)20-13-7-5-12(19)6-8-13/h2-10H,11H2,1H3,(H,20,22). The van der Waals surface area contributed by atoms with Crippen molar-refractivity contribution in [2.45, 2.75) is 0 Å². The smallest absolute Gasteiger partial charge is 0.262 e. The van der Waals surface area contributed by atoms with Gasteiger partial charge in [0.25, 0.3) is 11.5 Å². The first-order chi connectivity index (χ1) is 11.5. The topological polar surface area (TPSA) is 60.3 Å². The van der Waals surface area contributed by atoms with E-state index < -0.39 is 0 Å². The summed E-state index contributed by atoms with van der Waals surface area (Å²) in [5.74, 6) is 0.203. The van der Waals surface area contributed by atoms with Crippen LogP contribution in [0.4, 0.5) is 5.69 Å². The Labute approximate surface area is 143 Å². The SMILES string of the molecule is Cn1ccc2c(OCC(=O)Nc3ccc(Cl)cc3)cccc2c1=O. The van der Waals surface area contributed by atoms with Gasteiger partial charge in [-0.05, 0) is 42.5 Å². The number of nitrogens with one attached hydrogen (secondary N) is 1. The average molecular weight is 343 g/mol. The molecule has 0 unspecified atom stereocenters. The van der Waals surface area contributed by atoms with Crippen LogP contribution in [0.3, 0.4) is 0 Å². The van der Waals surface area contributed by atoms with Gasteiger partial charge in [-0.2, -0.15) is 0 Å². The number of nitrogens with zero attached hydrogens (tertiary/aromatic N) is 1. The van der Waals surface area contributed by atoms with Gasteiger partial charge in [-0.3, -0.25) is 9.59 Å². The highest BCUT2D eigenvalue weighted by Crippen LogP contribution is 2.23. The average Bonchev–Trinajstić information content (AvgIpc) is 2.58. The van der Waals surface area contributed by atoms with E-state index in [1.807, 2.05) is 0 Å². The fraction of sp³-hybridized carbons (Fsp3) is 0.111. The van der Waals surface area contributed by atoms with Gasteiger partial charge in [-0.15, -0.1) is 0 Å². The van der Waals surface area contributed by atoms with Crippen molar-refractivity contribution in [1.82, 2.24) is 4.57 Å². The lowest BCUT2D eigenvalue weighted by Crippen LogP contribution is -2.20. The quantitative estimate of drug-likeness (QED) is 0.792. The summed E-state index contributed by atoms with van der Waals surface area (Å²) in [6, 6.07) is 13.8. The first-order valence-electron chi connectivity index (χ1n) is 7.31. The Balaban J connectivity index is 1.74. The van der Waals surface area contributed by atoms with Crippen molar-refractivity contribution in [3.8, 4) is 5.75 Å². The number of aryl methyl sites for hydroxylation is 1. The third kappa shape index (κ3) is 3.41. The number of anilines is 1. The van der Waals surface area contributed by atoms with Crippen molar-refractivity contribution in [3.63, 3.8) is 0 Å². The van der Waals surface area contributed by atoms with E-state index in [4.69, 9.17) is 16.3 Å². The fourth-order valence-corrected chi connectivity index (χ4v) is 2.47. The molecule has 0 saturated heterocycles. The maximum atomic E-state index is 12.1. The van der Waals surface area contributed by atoms with E-state index in [9.17, 15) is 9.59 Å². The highest BCUT2D eigenvalue weighted by atomic mass is 35.5. The number of carbonyl (C=O) groups is 1. The number of fused-ring (bicyclic) bond motifs is 1. The van der Waals surface area contributed by atoms with E-state index in [2.05, 4.69) is 5.32 Å². The molecule has 6 heteroatoms.